The topological polar surface area (TPSA) is 43.4 Å². The van der Waals surface area contributed by atoms with Crippen LogP contribution < -0.4 is 0 Å². The summed E-state index contributed by atoms with van der Waals surface area (Å²) in [5.41, 5.74) is 2.25. The zero-order chi connectivity index (χ0) is 13.3. The van der Waals surface area contributed by atoms with Crippen molar-refractivity contribution in [1.29, 1.82) is 0 Å². The average Bonchev–Trinajstić information content (AvgIpc) is 2.66. The van der Waals surface area contributed by atoms with Gasteiger partial charge in [0, 0.05) is 17.9 Å². The van der Waals surface area contributed by atoms with Crippen LogP contribution in [-0.4, -0.2) is 17.9 Å². The Morgan fingerprint density at radius 2 is 2.06 bits per heavy atom. The second-order valence-corrected chi connectivity index (χ2v) is 5.08. The van der Waals surface area contributed by atoms with E-state index in [1.165, 1.54) is 0 Å². The molecule has 2 bridgehead atoms. The van der Waals surface area contributed by atoms with Crippen LogP contribution in [0.4, 0.5) is 0 Å². The number of rotatable bonds is 1. The summed E-state index contributed by atoms with van der Waals surface area (Å²) in [6, 6.07) is 0. The van der Waals surface area contributed by atoms with E-state index in [2.05, 4.69) is 13.2 Å². The van der Waals surface area contributed by atoms with Gasteiger partial charge in [0.15, 0.2) is 5.78 Å². The number of carbonyl (C=O) groups excluding carboxylic acids is 2. The van der Waals surface area contributed by atoms with E-state index in [0.29, 0.717) is 30.4 Å². The van der Waals surface area contributed by atoms with Crippen molar-refractivity contribution >= 4 is 11.8 Å². The number of hydrogen-bond donors (Lipinski definition) is 0. The highest BCUT2D eigenvalue weighted by Crippen LogP contribution is 2.32. The van der Waals surface area contributed by atoms with Gasteiger partial charge in [-0.1, -0.05) is 18.7 Å². The van der Waals surface area contributed by atoms with Crippen LogP contribution >= 0.6 is 0 Å². The predicted octanol–water partition coefficient (Wildman–Crippen LogP) is 2.73. The summed E-state index contributed by atoms with van der Waals surface area (Å²) in [7, 11) is 0. The maximum atomic E-state index is 11.8. The van der Waals surface area contributed by atoms with Crippen LogP contribution in [-0.2, 0) is 14.3 Å². The van der Waals surface area contributed by atoms with Gasteiger partial charge in [0.25, 0.3) is 0 Å². The first-order chi connectivity index (χ1) is 8.49. The maximum absolute atomic E-state index is 11.8. The molecule has 0 spiro atoms. The minimum Gasteiger partial charge on any atom is -0.454 e. The van der Waals surface area contributed by atoms with Gasteiger partial charge in [0.05, 0.1) is 0 Å². The molecular weight excluding hydrogens is 228 g/mol. The number of Topliss-reactive ketones (excluding diaryl/α,β-unsaturated/α-hetero) is 1. The summed E-state index contributed by atoms with van der Waals surface area (Å²) in [6.07, 6.45) is 3.85. The Kier molecular flexibility index (Phi) is 3.50. The van der Waals surface area contributed by atoms with E-state index in [-0.39, 0.29) is 23.8 Å². The molecule has 0 saturated carbocycles. The molecule has 2 atom stereocenters. The third-order valence-corrected chi connectivity index (χ3v) is 3.67. The molecule has 1 aliphatic heterocycles. The lowest BCUT2D eigenvalue weighted by atomic mass is 9.86. The molecule has 3 nitrogen and oxygen atoms in total. The van der Waals surface area contributed by atoms with Gasteiger partial charge in [-0.2, -0.15) is 0 Å². The van der Waals surface area contributed by atoms with Crippen molar-refractivity contribution in [1.82, 2.24) is 0 Å². The zero-order valence-electron chi connectivity index (χ0n) is 10.7. The minimum atomic E-state index is -0.286. The second kappa shape index (κ2) is 4.92. The monoisotopic (exact) mass is 246 g/mol. The Bertz CT molecular complexity index is 454. The molecule has 0 N–H and O–H groups in total. The number of esters is 1. The fourth-order valence-corrected chi connectivity index (χ4v) is 2.47. The van der Waals surface area contributed by atoms with E-state index in [9.17, 15) is 9.59 Å². The number of hydrogen-bond acceptors (Lipinski definition) is 3. The summed E-state index contributed by atoms with van der Waals surface area (Å²) in [5, 5.41) is 0. The molecule has 0 fully saturated rings. The van der Waals surface area contributed by atoms with Crippen LogP contribution in [0.3, 0.4) is 0 Å². The molecule has 3 heteroatoms. The molecule has 1 heterocycles. The zero-order valence-corrected chi connectivity index (χ0v) is 10.7. The van der Waals surface area contributed by atoms with Crippen molar-refractivity contribution in [2.75, 3.05) is 0 Å². The molecule has 2 rings (SSSR count). The summed E-state index contributed by atoms with van der Waals surface area (Å²) in [4.78, 5) is 23.5. The summed E-state index contributed by atoms with van der Waals surface area (Å²) in [6.45, 7) is 9.72. The highest BCUT2D eigenvalue weighted by molar-refractivity contribution is 5.97. The number of carbonyl (C=O) groups is 2. The molecule has 0 unspecified atom stereocenters. The van der Waals surface area contributed by atoms with Gasteiger partial charge >= 0.3 is 5.97 Å². The highest BCUT2D eigenvalue weighted by Gasteiger charge is 2.33. The van der Waals surface area contributed by atoms with Crippen LogP contribution in [0, 0.1) is 5.92 Å². The average molecular weight is 246 g/mol. The molecule has 0 aromatic rings. The molecule has 0 radical (unpaired) electrons. The molecule has 0 amide bonds. The van der Waals surface area contributed by atoms with Gasteiger partial charge in [-0.25, -0.2) is 4.79 Å². The summed E-state index contributed by atoms with van der Waals surface area (Å²) >= 11 is 0. The van der Waals surface area contributed by atoms with E-state index >= 15 is 0 Å². The largest absolute Gasteiger partial charge is 0.454 e. The fraction of sp³-hybridized carbons (Fsp3) is 0.467. The van der Waals surface area contributed by atoms with Crippen molar-refractivity contribution in [3.05, 3.63) is 36.0 Å². The molecule has 96 valence electrons. The van der Waals surface area contributed by atoms with Crippen molar-refractivity contribution in [3.63, 3.8) is 0 Å². The third-order valence-electron chi connectivity index (χ3n) is 3.67. The SMILES string of the molecule is C=C1CC[C@@H](C(=C)C)[C@@H]2C=C(CCC1=O)C(=O)O2. The molecule has 1 aliphatic carbocycles. The summed E-state index contributed by atoms with van der Waals surface area (Å²) in [5.74, 6) is -0.157. The van der Waals surface area contributed by atoms with Crippen LogP contribution in [0.5, 0.6) is 0 Å². The first-order valence-electron chi connectivity index (χ1n) is 6.27. The smallest absolute Gasteiger partial charge is 0.334 e. The molecule has 2 aliphatic rings. The van der Waals surface area contributed by atoms with E-state index in [1.54, 1.807) is 0 Å². The number of ketones is 1. The lowest BCUT2D eigenvalue weighted by Crippen LogP contribution is -2.21. The first kappa shape index (κ1) is 12.8. The Morgan fingerprint density at radius 1 is 1.33 bits per heavy atom. The molecular formula is C15H18O3. The van der Waals surface area contributed by atoms with Gasteiger partial charge in [-0.15, -0.1) is 0 Å². The summed E-state index contributed by atoms with van der Waals surface area (Å²) < 4.78 is 5.37. The Morgan fingerprint density at radius 3 is 2.72 bits per heavy atom. The van der Waals surface area contributed by atoms with Gasteiger partial charge < -0.3 is 4.74 Å². The Balaban J connectivity index is 2.27. The molecule has 0 saturated heterocycles. The predicted molar refractivity (Wildman–Crippen MR) is 68.9 cm³/mol. The van der Waals surface area contributed by atoms with E-state index < -0.39 is 0 Å². The van der Waals surface area contributed by atoms with Crippen molar-refractivity contribution in [2.45, 2.75) is 38.7 Å². The lowest BCUT2D eigenvalue weighted by Gasteiger charge is -2.22. The van der Waals surface area contributed by atoms with Crippen LogP contribution in [0.25, 0.3) is 0 Å². The Hall–Kier alpha value is -1.64. The molecule has 0 aromatic heterocycles. The molecule has 18 heavy (non-hydrogen) atoms. The van der Waals surface area contributed by atoms with E-state index in [4.69, 9.17) is 4.74 Å². The lowest BCUT2D eigenvalue weighted by molar-refractivity contribution is -0.141. The van der Waals surface area contributed by atoms with Crippen molar-refractivity contribution < 1.29 is 14.3 Å². The number of fused-ring (bicyclic) bond motifs is 1. The third kappa shape index (κ3) is 2.45. The standard InChI is InChI=1S/C15H18O3/c1-9(2)12-6-4-10(3)13(16)7-5-11-8-14(12)18-15(11)17/h8,12,14H,1,3-7H2,2H3/t12-,14-/m0/s1. The maximum Gasteiger partial charge on any atom is 0.334 e. The Labute approximate surface area is 107 Å². The highest BCUT2D eigenvalue weighted by atomic mass is 16.5. The van der Waals surface area contributed by atoms with Gasteiger partial charge in [0.2, 0.25) is 0 Å². The normalized spacial score (nSPS) is 28.7. The van der Waals surface area contributed by atoms with Crippen LogP contribution in [0.15, 0.2) is 36.0 Å². The van der Waals surface area contributed by atoms with Crippen molar-refractivity contribution in [2.24, 2.45) is 5.92 Å². The first-order valence-corrected chi connectivity index (χ1v) is 6.27. The van der Waals surface area contributed by atoms with Crippen LogP contribution in [0.2, 0.25) is 0 Å². The quantitative estimate of drug-likeness (QED) is 0.406. The number of allylic oxidation sites excluding steroid dienone is 1. The van der Waals surface area contributed by atoms with Gasteiger partial charge in [-0.3, -0.25) is 4.79 Å². The van der Waals surface area contributed by atoms with Crippen molar-refractivity contribution in [3.8, 4) is 0 Å². The second-order valence-electron chi connectivity index (χ2n) is 5.08. The minimum absolute atomic E-state index is 0.0505. The number of ether oxygens (including phenoxy) is 1. The van der Waals surface area contributed by atoms with Gasteiger partial charge in [0.1, 0.15) is 6.10 Å². The van der Waals surface area contributed by atoms with Gasteiger partial charge in [-0.05, 0) is 37.8 Å². The van der Waals surface area contributed by atoms with Crippen LogP contribution in [0.1, 0.15) is 32.6 Å². The fourth-order valence-electron chi connectivity index (χ4n) is 2.47. The molecule has 0 aromatic carbocycles. The van der Waals surface area contributed by atoms with E-state index in [1.807, 2.05) is 13.0 Å². The van der Waals surface area contributed by atoms with E-state index in [0.717, 1.165) is 12.0 Å².